The molecule has 2 aromatic heterocycles. The van der Waals surface area contributed by atoms with E-state index < -0.39 is 0 Å². The van der Waals surface area contributed by atoms with Gasteiger partial charge in [0, 0.05) is 42.8 Å². The van der Waals surface area contributed by atoms with Crippen LogP contribution in [0.4, 0.5) is 0 Å². The summed E-state index contributed by atoms with van der Waals surface area (Å²) in [6, 6.07) is 0. The molecule has 1 aliphatic rings. The van der Waals surface area contributed by atoms with Gasteiger partial charge < -0.3 is 10.1 Å². The van der Waals surface area contributed by atoms with Gasteiger partial charge in [-0.1, -0.05) is 0 Å². The molecule has 0 spiro atoms. The van der Waals surface area contributed by atoms with Crippen LogP contribution in [-0.2, 0) is 11.2 Å². The zero-order valence-corrected chi connectivity index (χ0v) is 11.7. The fraction of sp³-hybridized carbons (Fsp3) is 0.615. The molecule has 0 saturated carbocycles. The van der Waals surface area contributed by atoms with Gasteiger partial charge in [0.15, 0.2) is 4.96 Å². The third-order valence-corrected chi connectivity index (χ3v) is 4.81. The van der Waals surface area contributed by atoms with Crippen molar-refractivity contribution in [2.24, 2.45) is 5.41 Å². The molecule has 3 rings (SSSR count). The first kappa shape index (κ1) is 12.1. The van der Waals surface area contributed by atoms with E-state index in [2.05, 4.69) is 34.4 Å². The summed E-state index contributed by atoms with van der Waals surface area (Å²) in [7, 11) is 2.01. The second-order valence-corrected chi connectivity index (χ2v) is 6.03. The molecule has 1 N–H and O–H groups in total. The van der Waals surface area contributed by atoms with Crippen molar-refractivity contribution in [1.29, 1.82) is 0 Å². The molecule has 0 amide bonds. The summed E-state index contributed by atoms with van der Waals surface area (Å²) < 4.78 is 7.88. The molecule has 3 heterocycles. The highest BCUT2D eigenvalue weighted by atomic mass is 32.1. The van der Waals surface area contributed by atoms with E-state index in [1.807, 2.05) is 7.05 Å². The van der Waals surface area contributed by atoms with Crippen LogP contribution in [0.3, 0.4) is 0 Å². The van der Waals surface area contributed by atoms with Crippen LogP contribution >= 0.6 is 11.3 Å². The molecule has 1 saturated heterocycles. The van der Waals surface area contributed by atoms with Crippen LogP contribution in [0, 0.1) is 5.41 Å². The number of rotatable bonds is 4. The van der Waals surface area contributed by atoms with Crippen LogP contribution in [0.5, 0.6) is 0 Å². The van der Waals surface area contributed by atoms with Gasteiger partial charge in [-0.2, -0.15) is 0 Å². The Morgan fingerprint density at radius 1 is 1.67 bits per heavy atom. The molecule has 4 nitrogen and oxygen atoms in total. The van der Waals surface area contributed by atoms with E-state index in [0.717, 1.165) is 31.0 Å². The Morgan fingerprint density at radius 3 is 3.22 bits per heavy atom. The number of aromatic nitrogens is 2. The van der Waals surface area contributed by atoms with Gasteiger partial charge in [-0.3, -0.25) is 4.40 Å². The molecule has 1 fully saturated rings. The summed E-state index contributed by atoms with van der Waals surface area (Å²) in [5.41, 5.74) is 1.37. The molecule has 18 heavy (non-hydrogen) atoms. The number of hydrogen-bond donors (Lipinski definition) is 1. The molecule has 0 aliphatic carbocycles. The number of fused-ring (bicyclic) bond motifs is 1. The Hall–Kier alpha value is -0.910. The van der Waals surface area contributed by atoms with Crippen molar-refractivity contribution in [3.63, 3.8) is 0 Å². The first-order valence-electron chi connectivity index (χ1n) is 6.41. The molecule has 2 unspecified atom stereocenters. The number of imidazole rings is 1. The minimum absolute atomic E-state index is 0.193. The number of thiazole rings is 1. The number of nitrogens with one attached hydrogen (secondary N) is 1. The average Bonchev–Trinajstić information content (AvgIpc) is 2.96. The van der Waals surface area contributed by atoms with Gasteiger partial charge in [0.25, 0.3) is 0 Å². The van der Waals surface area contributed by atoms with Crippen molar-refractivity contribution in [3.05, 3.63) is 23.5 Å². The summed E-state index contributed by atoms with van der Waals surface area (Å²) in [6.45, 7) is 4.03. The van der Waals surface area contributed by atoms with Crippen LogP contribution in [0.15, 0.2) is 17.8 Å². The SMILES string of the molecule is CNCC1(Cc2cn3ccsc3n2)CCOC1C. The Morgan fingerprint density at radius 2 is 2.56 bits per heavy atom. The van der Waals surface area contributed by atoms with E-state index in [-0.39, 0.29) is 5.41 Å². The predicted molar refractivity (Wildman–Crippen MR) is 73.2 cm³/mol. The monoisotopic (exact) mass is 265 g/mol. The summed E-state index contributed by atoms with van der Waals surface area (Å²) >= 11 is 1.68. The normalized spacial score (nSPS) is 28.2. The highest BCUT2D eigenvalue weighted by Crippen LogP contribution is 2.37. The Balaban J connectivity index is 1.86. The lowest BCUT2D eigenvalue weighted by molar-refractivity contribution is 0.0636. The number of hydrogen-bond acceptors (Lipinski definition) is 4. The molecule has 0 bridgehead atoms. The van der Waals surface area contributed by atoms with E-state index >= 15 is 0 Å². The van der Waals surface area contributed by atoms with Crippen LogP contribution in [-0.4, -0.2) is 35.7 Å². The smallest absolute Gasteiger partial charge is 0.193 e. The van der Waals surface area contributed by atoms with Crippen molar-refractivity contribution in [1.82, 2.24) is 14.7 Å². The van der Waals surface area contributed by atoms with Gasteiger partial charge in [0.05, 0.1) is 11.8 Å². The molecule has 2 aromatic rings. The van der Waals surface area contributed by atoms with E-state index in [1.165, 1.54) is 5.69 Å². The molecular weight excluding hydrogens is 246 g/mol. The van der Waals surface area contributed by atoms with E-state index in [0.29, 0.717) is 6.10 Å². The third kappa shape index (κ3) is 1.96. The average molecular weight is 265 g/mol. The first-order valence-corrected chi connectivity index (χ1v) is 7.29. The van der Waals surface area contributed by atoms with Gasteiger partial charge in [-0.05, 0) is 20.4 Å². The van der Waals surface area contributed by atoms with Crippen LogP contribution in [0.2, 0.25) is 0 Å². The fourth-order valence-corrected chi connectivity index (χ4v) is 3.64. The maximum Gasteiger partial charge on any atom is 0.193 e. The third-order valence-electron chi connectivity index (χ3n) is 4.04. The van der Waals surface area contributed by atoms with Gasteiger partial charge in [0.1, 0.15) is 0 Å². The van der Waals surface area contributed by atoms with Crippen molar-refractivity contribution >= 4 is 16.3 Å². The minimum Gasteiger partial charge on any atom is -0.378 e. The van der Waals surface area contributed by atoms with Crippen molar-refractivity contribution in [3.8, 4) is 0 Å². The van der Waals surface area contributed by atoms with E-state index in [9.17, 15) is 0 Å². The summed E-state index contributed by atoms with van der Waals surface area (Å²) in [4.78, 5) is 5.78. The van der Waals surface area contributed by atoms with Crippen molar-refractivity contribution < 1.29 is 4.74 Å². The Kier molecular flexibility index (Phi) is 3.13. The maximum absolute atomic E-state index is 5.78. The van der Waals surface area contributed by atoms with Crippen LogP contribution in [0.25, 0.3) is 4.96 Å². The lowest BCUT2D eigenvalue weighted by Crippen LogP contribution is -2.40. The molecule has 5 heteroatoms. The van der Waals surface area contributed by atoms with Crippen molar-refractivity contribution in [2.45, 2.75) is 25.9 Å². The van der Waals surface area contributed by atoms with Crippen LogP contribution < -0.4 is 5.32 Å². The highest BCUT2D eigenvalue weighted by molar-refractivity contribution is 7.15. The fourth-order valence-electron chi connectivity index (χ4n) is 2.92. The number of ether oxygens (including phenoxy) is 1. The highest BCUT2D eigenvalue weighted by Gasteiger charge is 2.41. The zero-order chi connectivity index (χ0) is 12.6. The van der Waals surface area contributed by atoms with Gasteiger partial charge >= 0.3 is 0 Å². The quantitative estimate of drug-likeness (QED) is 0.918. The summed E-state index contributed by atoms with van der Waals surface area (Å²) in [5.74, 6) is 0. The second kappa shape index (κ2) is 4.64. The predicted octanol–water partition coefficient (Wildman–Crippen LogP) is 1.95. The molecule has 98 valence electrons. The largest absolute Gasteiger partial charge is 0.378 e. The van der Waals surface area contributed by atoms with E-state index in [4.69, 9.17) is 9.72 Å². The van der Waals surface area contributed by atoms with Gasteiger partial charge in [-0.25, -0.2) is 4.98 Å². The van der Waals surface area contributed by atoms with Crippen LogP contribution in [0.1, 0.15) is 19.0 Å². The zero-order valence-electron chi connectivity index (χ0n) is 10.8. The first-order chi connectivity index (χ1) is 8.73. The topological polar surface area (TPSA) is 38.6 Å². The standard InChI is InChI=1S/C13H19N3OS/c1-10-13(9-14-2,3-5-17-10)7-11-8-16-4-6-18-12(16)15-11/h4,6,8,10,14H,3,5,7,9H2,1-2H3. The number of nitrogens with zero attached hydrogens (tertiary/aromatic N) is 2. The minimum atomic E-state index is 0.193. The van der Waals surface area contributed by atoms with Crippen molar-refractivity contribution in [2.75, 3.05) is 20.2 Å². The van der Waals surface area contributed by atoms with Gasteiger partial charge in [0.2, 0.25) is 0 Å². The second-order valence-electron chi connectivity index (χ2n) is 5.16. The molecule has 0 radical (unpaired) electrons. The Labute approximate surface area is 111 Å². The summed E-state index contributed by atoms with van der Waals surface area (Å²) in [5, 5.41) is 5.38. The molecular formula is C13H19N3OS. The molecule has 1 aliphatic heterocycles. The van der Waals surface area contributed by atoms with E-state index in [1.54, 1.807) is 11.3 Å². The lowest BCUT2D eigenvalue weighted by atomic mass is 9.77. The van der Waals surface area contributed by atoms with Gasteiger partial charge in [-0.15, -0.1) is 11.3 Å². The lowest BCUT2D eigenvalue weighted by Gasteiger charge is -2.31. The molecule has 0 aromatic carbocycles. The summed E-state index contributed by atoms with van der Waals surface area (Å²) in [6.07, 6.45) is 6.61. The Bertz CT molecular complexity index is 507. The maximum atomic E-state index is 5.78. The molecule has 2 atom stereocenters.